The maximum absolute atomic E-state index is 13.6. The number of hydrogen-bond donors (Lipinski definition) is 0. The molecule has 0 aliphatic heterocycles. The third-order valence-electron chi connectivity index (χ3n) is 4.96. The van der Waals surface area contributed by atoms with Crippen LogP contribution < -0.4 is 4.80 Å². The number of carbonyl (C=O) groups excluding carboxylic acids is 1. The molecule has 1 amide bonds. The normalized spacial score (nSPS) is 14.5. The minimum absolute atomic E-state index is 0.262. The highest BCUT2D eigenvalue weighted by atomic mass is 32.1. The smallest absolute Gasteiger partial charge is 0.279 e. The number of aromatic nitrogens is 1. The average Bonchev–Trinajstić information content (AvgIpc) is 3.01. The number of carbonyl (C=O) groups is 1. The fraction of sp³-hybridized carbons (Fsp3) is 0.333. The summed E-state index contributed by atoms with van der Waals surface area (Å²) in [5, 5.41) is 0. The number of fused-ring (bicyclic) bond motifs is 2. The molecule has 0 spiro atoms. The zero-order chi connectivity index (χ0) is 18.8. The number of rotatable bonds is 4. The molecule has 140 valence electrons. The van der Waals surface area contributed by atoms with Crippen LogP contribution in [0.3, 0.4) is 0 Å². The lowest BCUT2D eigenvalue weighted by Crippen LogP contribution is -2.19. The van der Waals surface area contributed by atoms with Crippen LogP contribution in [0.4, 0.5) is 4.39 Å². The molecule has 0 fully saturated rings. The van der Waals surface area contributed by atoms with E-state index in [1.807, 2.05) is 16.7 Å². The number of ether oxygens (including phenoxy) is 1. The van der Waals surface area contributed by atoms with Gasteiger partial charge in [-0.05, 0) is 67.1 Å². The second kappa shape index (κ2) is 7.74. The molecule has 1 aliphatic carbocycles. The second-order valence-electron chi connectivity index (χ2n) is 6.75. The molecular weight excluding hydrogens is 363 g/mol. The van der Waals surface area contributed by atoms with Crippen molar-refractivity contribution in [3.05, 3.63) is 63.7 Å². The zero-order valence-electron chi connectivity index (χ0n) is 15.2. The second-order valence-corrected chi connectivity index (χ2v) is 7.76. The summed E-state index contributed by atoms with van der Waals surface area (Å²) >= 11 is 1.32. The van der Waals surface area contributed by atoms with Gasteiger partial charge in [-0.3, -0.25) is 4.79 Å². The van der Waals surface area contributed by atoms with Crippen molar-refractivity contribution in [2.24, 2.45) is 4.99 Å². The van der Waals surface area contributed by atoms with Gasteiger partial charge in [-0.2, -0.15) is 4.99 Å². The Hall–Kier alpha value is -2.31. The topological polar surface area (TPSA) is 43.6 Å². The molecule has 2 aromatic carbocycles. The Labute approximate surface area is 160 Å². The molecule has 27 heavy (non-hydrogen) atoms. The average molecular weight is 384 g/mol. The summed E-state index contributed by atoms with van der Waals surface area (Å²) in [6.07, 6.45) is 4.48. The SMILES string of the molecule is COCCn1c(=NC(=O)c2ccc3c(c2)CCCC3)sc2cc(F)ccc21. The van der Waals surface area contributed by atoms with Crippen molar-refractivity contribution in [1.82, 2.24) is 4.57 Å². The molecule has 0 bridgehead atoms. The third kappa shape index (κ3) is 3.73. The summed E-state index contributed by atoms with van der Waals surface area (Å²) in [5.74, 6) is -0.559. The van der Waals surface area contributed by atoms with Crippen molar-refractivity contribution in [3.63, 3.8) is 0 Å². The molecule has 4 nitrogen and oxygen atoms in total. The molecule has 0 saturated carbocycles. The van der Waals surface area contributed by atoms with Gasteiger partial charge >= 0.3 is 0 Å². The monoisotopic (exact) mass is 384 g/mol. The number of halogens is 1. The molecular formula is C21H21FN2O2S. The predicted molar refractivity (Wildman–Crippen MR) is 105 cm³/mol. The van der Waals surface area contributed by atoms with Gasteiger partial charge < -0.3 is 9.30 Å². The number of methoxy groups -OCH3 is 1. The largest absolute Gasteiger partial charge is 0.383 e. The third-order valence-corrected chi connectivity index (χ3v) is 6.00. The predicted octanol–water partition coefficient (Wildman–Crippen LogP) is 4.11. The summed E-state index contributed by atoms with van der Waals surface area (Å²) in [7, 11) is 1.63. The van der Waals surface area contributed by atoms with E-state index in [-0.39, 0.29) is 11.7 Å². The number of hydrogen-bond acceptors (Lipinski definition) is 3. The minimum Gasteiger partial charge on any atom is -0.383 e. The van der Waals surface area contributed by atoms with Gasteiger partial charge in [-0.1, -0.05) is 17.4 Å². The molecule has 4 rings (SSSR count). The lowest BCUT2D eigenvalue weighted by Gasteiger charge is -2.15. The first kappa shape index (κ1) is 18.1. The van der Waals surface area contributed by atoms with Crippen LogP contribution in [0.25, 0.3) is 10.2 Å². The summed E-state index contributed by atoms with van der Waals surface area (Å²) in [4.78, 5) is 17.7. The first-order valence-electron chi connectivity index (χ1n) is 9.14. The van der Waals surface area contributed by atoms with Gasteiger partial charge in [0.1, 0.15) is 5.82 Å². The standard InChI is InChI=1S/C21H21FN2O2S/c1-26-11-10-24-18-9-8-17(22)13-19(18)27-21(24)23-20(25)16-7-6-14-4-2-3-5-15(14)12-16/h6-9,12-13H,2-5,10-11H2,1H3. The van der Waals surface area contributed by atoms with E-state index in [0.29, 0.717) is 23.5 Å². The Morgan fingerprint density at radius 2 is 2.00 bits per heavy atom. The number of thiazole rings is 1. The highest BCUT2D eigenvalue weighted by molar-refractivity contribution is 7.16. The summed E-state index contributed by atoms with van der Waals surface area (Å²) in [6.45, 7) is 1.04. The lowest BCUT2D eigenvalue weighted by molar-refractivity contribution is 0.0997. The molecule has 0 saturated heterocycles. The fourth-order valence-corrected chi connectivity index (χ4v) is 4.63. The molecule has 0 N–H and O–H groups in total. The van der Waals surface area contributed by atoms with Crippen LogP contribution in [0.5, 0.6) is 0 Å². The van der Waals surface area contributed by atoms with Crippen LogP contribution in [0.1, 0.15) is 34.3 Å². The van der Waals surface area contributed by atoms with Gasteiger partial charge in [0.05, 0.1) is 16.8 Å². The first-order valence-corrected chi connectivity index (χ1v) is 9.96. The Morgan fingerprint density at radius 3 is 2.81 bits per heavy atom. The van der Waals surface area contributed by atoms with Gasteiger partial charge in [0.15, 0.2) is 4.80 Å². The van der Waals surface area contributed by atoms with Gasteiger partial charge in [0, 0.05) is 19.2 Å². The van der Waals surface area contributed by atoms with Crippen LogP contribution in [0, 0.1) is 5.82 Å². The molecule has 6 heteroatoms. The highest BCUT2D eigenvalue weighted by Crippen LogP contribution is 2.23. The van der Waals surface area contributed by atoms with Gasteiger partial charge in [-0.25, -0.2) is 4.39 Å². The molecule has 1 heterocycles. The van der Waals surface area contributed by atoms with Crippen molar-refractivity contribution in [2.45, 2.75) is 32.2 Å². The van der Waals surface area contributed by atoms with E-state index >= 15 is 0 Å². The molecule has 0 radical (unpaired) electrons. The molecule has 0 atom stereocenters. The Kier molecular flexibility index (Phi) is 5.18. The maximum Gasteiger partial charge on any atom is 0.279 e. The Balaban J connectivity index is 1.76. The van der Waals surface area contributed by atoms with E-state index in [1.165, 1.54) is 47.4 Å². The number of benzene rings is 2. The number of nitrogens with zero attached hydrogens (tertiary/aromatic N) is 2. The first-order chi connectivity index (χ1) is 13.2. The van der Waals surface area contributed by atoms with E-state index in [4.69, 9.17) is 4.74 Å². The molecule has 1 aromatic heterocycles. The Morgan fingerprint density at radius 1 is 1.19 bits per heavy atom. The van der Waals surface area contributed by atoms with Crippen LogP contribution in [-0.2, 0) is 24.1 Å². The lowest BCUT2D eigenvalue weighted by atomic mass is 9.90. The highest BCUT2D eigenvalue weighted by Gasteiger charge is 2.14. The van der Waals surface area contributed by atoms with E-state index in [0.717, 1.165) is 23.1 Å². The molecule has 1 aliphatic rings. The minimum atomic E-state index is -0.296. The van der Waals surface area contributed by atoms with Crippen LogP contribution in [0.2, 0.25) is 0 Å². The van der Waals surface area contributed by atoms with Gasteiger partial charge in [0.2, 0.25) is 0 Å². The van der Waals surface area contributed by atoms with E-state index in [2.05, 4.69) is 11.1 Å². The quantitative estimate of drug-likeness (QED) is 0.679. The van der Waals surface area contributed by atoms with Crippen molar-refractivity contribution >= 4 is 27.5 Å². The van der Waals surface area contributed by atoms with Gasteiger partial charge in [0.25, 0.3) is 5.91 Å². The van der Waals surface area contributed by atoms with Gasteiger partial charge in [-0.15, -0.1) is 0 Å². The number of amides is 1. The summed E-state index contributed by atoms with van der Waals surface area (Å²) in [5.41, 5.74) is 4.06. The van der Waals surface area contributed by atoms with E-state index in [1.54, 1.807) is 13.2 Å². The van der Waals surface area contributed by atoms with Crippen molar-refractivity contribution in [3.8, 4) is 0 Å². The number of aryl methyl sites for hydroxylation is 2. The van der Waals surface area contributed by atoms with Crippen LogP contribution >= 0.6 is 11.3 Å². The van der Waals surface area contributed by atoms with Crippen molar-refractivity contribution < 1.29 is 13.9 Å². The van der Waals surface area contributed by atoms with E-state index in [9.17, 15) is 9.18 Å². The van der Waals surface area contributed by atoms with Crippen molar-refractivity contribution in [1.29, 1.82) is 0 Å². The Bertz CT molecular complexity index is 1070. The molecule has 3 aromatic rings. The molecule has 0 unspecified atom stereocenters. The van der Waals surface area contributed by atoms with Crippen LogP contribution in [0.15, 0.2) is 41.4 Å². The zero-order valence-corrected chi connectivity index (χ0v) is 16.0. The van der Waals surface area contributed by atoms with E-state index < -0.39 is 0 Å². The van der Waals surface area contributed by atoms with Crippen LogP contribution in [-0.4, -0.2) is 24.2 Å². The summed E-state index contributed by atoms with van der Waals surface area (Å²) in [6, 6.07) is 10.5. The van der Waals surface area contributed by atoms with Crippen molar-refractivity contribution in [2.75, 3.05) is 13.7 Å². The maximum atomic E-state index is 13.6. The fourth-order valence-electron chi connectivity index (χ4n) is 3.55. The summed E-state index contributed by atoms with van der Waals surface area (Å²) < 4.78 is 21.5.